The molecular formula is C7H13N3O. The number of amides is 1. The molecule has 1 aliphatic heterocycles. The van der Waals surface area contributed by atoms with Crippen LogP contribution in [0.25, 0.3) is 0 Å². The summed E-state index contributed by atoms with van der Waals surface area (Å²) in [6.45, 7) is 1.49. The lowest BCUT2D eigenvalue weighted by molar-refractivity contribution is -0.115. The molecule has 0 aromatic carbocycles. The number of nitrogens with zero attached hydrogens (tertiary/aromatic N) is 1. The Morgan fingerprint density at radius 3 is 2.73 bits per heavy atom. The maximum Gasteiger partial charge on any atom is 0.247 e. The van der Waals surface area contributed by atoms with E-state index in [0.717, 1.165) is 13.0 Å². The van der Waals surface area contributed by atoms with Gasteiger partial charge in [-0.2, -0.15) is 0 Å². The Kier molecular flexibility index (Phi) is 2.14. The number of rotatable bonds is 1. The van der Waals surface area contributed by atoms with Crippen molar-refractivity contribution >= 4 is 5.91 Å². The van der Waals surface area contributed by atoms with Crippen molar-refractivity contribution < 1.29 is 4.79 Å². The molecule has 0 atom stereocenters. The highest BCUT2D eigenvalue weighted by atomic mass is 16.1. The number of hydrogen-bond acceptors (Lipinski definition) is 3. The van der Waals surface area contributed by atoms with Crippen molar-refractivity contribution in [2.24, 2.45) is 11.5 Å². The molecule has 0 saturated heterocycles. The first kappa shape index (κ1) is 8.07. The zero-order valence-corrected chi connectivity index (χ0v) is 6.63. The van der Waals surface area contributed by atoms with Crippen molar-refractivity contribution in [1.82, 2.24) is 4.90 Å². The van der Waals surface area contributed by atoms with Crippen LogP contribution >= 0.6 is 0 Å². The Balaban J connectivity index is 2.80. The predicted molar refractivity (Wildman–Crippen MR) is 42.5 cm³/mol. The number of hydrogen-bond donors (Lipinski definition) is 2. The van der Waals surface area contributed by atoms with Crippen molar-refractivity contribution in [2.45, 2.75) is 6.42 Å². The highest BCUT2D eigenvalue weighted by Crippen LogP contribution is 2.11. The van der Waals surface area contributed by atoms with Crippen molar-refractivity contribution in [3.05, 3.63) is 11.3 Å². The van der Waals surface area contributed by atoms with Gasteiger partial charge in [-0.1, -0.05) is 0 Å². The molecule has 0 unspecified atom stereocenters. The molecule has 1 aliphatic rings. The monoisotopic (exact) mass is 155 g/mol. The van der Waals surface area contributed by atoms with Gasteiger partial charge in [-0.3, -0.25) is 4.79 Å². The average Bonchev–Trinajstić information content (AvgIpc) is 1.94. The Morgan fingerprint density at radius 2 is 2.27 bits per heavy atom. The topological polar surface area (TPSA) is 72.3 Å². The van der Waals surface area contributed by atoms with E-state index in [1.807, 2.05) is 11.9 Å². The standard InChI is InChI=1S/C7H13N3O/c1-10-3-2-6(8)5(4-10)7(9)11/h2-4,8H2,1H3,(H2,9,11). The minimum Gasteiger partial charge on any atom is -0.402 e. The molecular weight excluding hydrogens is 142 g/mol. The van der Waals surface area contributed by atoms with Gasteiger partial charge in [0.05, 0.1) is 0 Å². The van der Waals surface area contributed by atoms with E-state index in [-0.39, 0.29) is 0 Å². The third-order valence-corrected chi connectivity index (χ3v) is 1.88. The van der Waals surface area contributed by atoms with Gasteiger partial charge in [0.1, 0.15) is 0 Å². The summed E-state index contributed by atoms with van der Waals surface area (Å²) >= 11 is 0. The van der Waals surface area contributed by atoms with E-state index in [2.05, 4.69) is 0 Å². The number of likely N-dealkylation sites (N-methyl/N-ethyl adjacent to an activating group) is 1. The molecule has 0 radical (unpaired) electrons. The highest BCUT2D eigenvalue weighted by molar-refractivity contribution is 5.93. The summed E-state index contributed by atoms with van der Waals surface area (Å²) in [5.74, 6) is -0.394. The SMILES string of the molecule is CN1CCC(N)=C(C(N)=O)C1. The molecule has 1 amide bonds. The molecule has 1 heterocycles. The molecule has 0 aromatic rings. The van der Waals surface area contributed by atoms with Crippen molar-refractivity contribution in [3.8, 4) is 0 Å². The molecule has 0 aliphatic carbocycles. The normalized spacial score (nSPS) is 20.5. The number of nitrogens with two attached hydrogens (primary N) is 2. The quantitative estimate of drug-likeness (QED) is 0.511. The second-order valence-corrected chi connectivity index (χ2v) is 2.86. The molecule has 0 bridgehead atoms. The second-order valence-electron chi connectivity index (χ2n) is 2.86. The first-order valence-electron chi connectivity index (χ1n) is 3.57. The Hall–Kier alpha value is -1.03. The van der Waals surface area contributed by atoms with Gasteiger partial charge in [-0.15, -0.1) is 0 Å². The summed E-state index contributed by atoms with van der Waals surface area (Å²) in [5.41, 5.74) is 11.9. The second kappa shape index (κ2) is 2.92. The van der Waals surface area contributed by atoms with Gasteiger partial charge in [0.15, 0.2) is 0 Å². The smallest absolute Gasteiger partial charge is 0.247 e. The van der Waals surface area contributed by atoms with E-state index in [4.69, 9.17) is 11.5 Å². The van der Waals surface area contributed by atoms with Crippen LogP contribution in [0.4, 0.5) is 0 Å². The predicted octanol–water partition coefficient (Wildman–Crippen LogP) is -0.980. The lowest BCUT2D eigenvalue weighted by Gasteiger charge is -2.23. The largest absolute Gasteiger partial charge is 0.402 e. The van der Waals surface area contributed by atoms with Crippen LogP contribution < -0.4 is 11.5 Å². The van der Waals surface area contributed by atoms with E-state index >= 15 is 0 Å². The minimum atomic E-state index is -0.394. The van der Waals surface area contributed by atoms with E-state index in [9.17, 15) is 4.79 Å². The van der Waals surface area contributed by atoms with E-state index in [0.29, 0.717) is 17.8 Å². The summed E-state index contributed by atoms with van der Waals surface area (Å²) in [6.07, 6.45) is 0.745. The van der Waals surface area contributed by atoms with Gasteiger partial charge < -0.3 is 16.4 Å². The molecule has 0 saturated carbocycles. The molecule has 0 fully saturated rings. The number of carbonyl (C=O) groups is 1. The molecule has 0 spiro atoms. The minimum absolute atomic E-state index is 0.394. The fraction of sp³-hybridized carbons (Fsp3) is 0.571. The summed E-state index contributed by atoms with van der Waals surface area (Å²) in [4.78, 5) is 12.8. The van der Waals surface area contributed by atoms with Crippen molar-refractivity contribution in [3.63, 3.8) is 0 Å². The maximum atomic E-state index is 10.8. The van der Waals surface area contributed by atoms with Gasteiger partial charge in [-0.25, -0.2) is 0 Å². The molecule has 1 rings (SSSR count). The third kappa shape index (κ3) is 1.71. The number of primary amides is 1. The van der Waals surface area contributed by atoms with Crippen LogP contribution in [0.2, 0.25) is 0 Å². The van der Waals surface area contributed by atoms with E-state index < -0.39 is 5.91 Å². The average molecular weight is 155 g/mol. The summed E-state index contributed by atoms with van der Waals surface area (Å²) in [7, 11) is 1.94. The molecule has 4 heteroatoms. The highest BCUT2D eigenvalue weighted by Gasteiger charge is 2.17. The van der Waals surface area contributed by atoms with E-state index in [1.54, 1.807) is 0 Å². The first-order valence-corrected chi connectivity index (χ1v) is 3.57. The van der Waals surface area contributed by atoms with Crippen LogP contribution in [0.1, 0.15) is 6.42 Å². The van der Waals surface area contributed by atoms with Gasteiger partial charge in [0, 0.05) is 30.8 Å². The van der Waals surface area contributed by atoms with Crippen LogP contribution in [0.15, 0.2) is 11.3 Å². The lowest BCUT2D eigenvalue weighted by atomic mass is 10.1. The zero-order chi connectivity index (χ0) is 8.43. The van der Waals surface area contributed by atoms with Gasteiger partial charge in [0.2, 0.25) is 5.91 Å². The van der Waals surface area contributed by atoms with Gasteiger partial charge in [0.25, 0.3) is 0 Å². The Morgan fingerprint density at radius 1 is 1.64 bits per heavy atom. The first-order chi connectivity index (χ1) is 5.11. The fourth-order valence-electron chi connectivity index (χ4n) is 1.15. The molecule has 62 valence electrons. The number of carbonyl (C=O) groups excluding carboxylic acids is 1. The molecule has 4 nitrogen and oxygen atoms in total. The van der Waals surface area contributed by atoms with Crippen LogP contribution in [0, 0.1) is 0 Å². The third-order valence-electron chi connectivity index (χ3n) is 1.88. The molecule has 4 N–H and O–H groups in total. The summed E-state index contributed by atoms with van der Waals surface area (Å²) in [5, 5.41) is 0. The Labute approximate surface area is 65.8 Å². The van der Waals surface area contributed by atoms with Crippen molar-refractivity contribution in [1.29, 1.82) is 0 Å². The van der Waals surface area contributed by atoms with E-state index in [1.165, 1.54) is 0 Å². The van der Waals surface area contributed by atoms with Crippen LogP contribution in [-0.4, -0.2) is 30.9 Å². The zero-order valence-electron chi connectivity index (χ0n) is 6.63. The maximum absolute atomic E-state index is 10.8. The Bertz CT molecular complexity index is 210. The van der Waals surface area contributed by atoms with Gasteiger partial charge in [-0.05, 0) is 7.05 Å². The summed E-state index contributed by atoms with van der Waals surface area (Å²) < 4.78 is 0. The molecule has 0 aromatic heterocycles. The molecule has 11 heavy (non-hydrogen) atoms. The van der Waals surface area contributed by atoms with Crippen LogP contribution in [-0.2, 0) is 4.79 Å². The van der Waals surface area contributed by atoms with Crippen LogP contribution in [0.5, 0.6) is 0 Å². The lowest BCUT2D eigenvalue weighted by Crippen LogP contribution is -2.35. The van der Waals surface area contributed by atoms with Crippen LogP contribution in [0.3, 0.4) is 0 Å². The van der Waals surface area contributed by atoms with Crippen molar-refractivity contribution in [2.75, 3.05) is 20.1 Å². The van der Waals surface area contributed by atoms with Gasteiger partial charge >= 0.3 is 0 Å². The summed E-state index contributed by atoms with van der Waals surface area (Å²) in [6, 6.07) is 0. The fourth-order valence-corrected chi connectivity index (χ4v) is 1.15.